The number of aromatic nitrogens is 3. The maximum absolute atomic E-state index is 13.2. The molecule has 5 nitrogen and oxygen atoms in total. The number of hydrogen-bond donors (Lipinski definition) is 0. The van der Waals surface area contributed by atoms with E-state index in [1.165, 1.54) is 5.56 Å². The van der Waals surface area contributed by atoms with Crippen molar-refractivity contribution in [1.29, 1.82) is 0 Å². The van der Waals surface area contributed by atoms with Gasteiger partial charge in [0.25, 0.3) is 5.91 Å². The number of carbonyl (C=O) groups is 1. The van der Waals surface area contributed by atoms with E-state index in [9.17, 15) is 4.79 Å². The first kappa shape index (κ1) is 18.6. The molecule has 144 valence electrons. The Morgan fingerprint density at radius 1 is 0.862 bits per heavy atom. The molecule has 0 fully saturated rings. The topological polar surface area (TPSA) is 51.0 Å². The molecule has 0 unspecified atom stereocenters. The Kier molecular flexibility index (Phi) is 5.76. The first-order chi connectivity index (χ1) is 14.3. The Hall–Kier alpha value is -3.73. The van der Waals surface area contributed by atoms with Crippen molar-refractivity contribution >= 4 is 5.91 Å². The van der Waals surface area contributed by atoms with E-state index in [2.05, 4.69) is 22.2 Å². The predicted octanol–water partition coefficient (Wildman–Crippen LogP) is 4.15. The number of pyridine rings is 1. The Morgan fingerprint density at radius 2 is 1.59 bits per heavy atom. The Morgan fingerprint density at radius 3 is 2.21 bits per heavy atom. The van der Waals surface area contributed by atoms with Crippen LogP contribution in [0.15, 0.2) is 97.5 Å². The second-order valence-corrected chi connectivity index (χ2v) is 6.80. The summed E-state index contributed by atoms with van der Waals surface area (Å²) >= 11 is 0. The molecule has 0 aliphatic heterocycles. The van der Waals surface area contributed by atoms with Crippen LogP contribution in [0.25, 0.3) is 5.82 Å². The summed E-state index contributed by atoms with van der Waals surface area (Å²) in [7, 11) is 0. The highest BCUT2D eigenvalue weighted by atomic mass is 16.2. The lowest BCUT2D eigenvalue weighted by Crippen LogP contribution is -2.32. The number of carbonyl (C=O) groups excluding carboxylic acids is 1. The first-order valence-corrected chi connectivity index (χ1v) is 9.63. The minimum atomic E-state index is -0.0238. The molecule has 0 saturated heterocycles. The van der Waals surface area contributed by atoms with Crippen LogP contribution in [0.3, 0.4) is 0 Å². The van der Waals surface area contributed by atoms with Crippen LogP contribution in [0.4, 0.5) is 0 Å². The van der Waals surface area contributed by atoms with Gasteiger partial charge in [-0.25, -0.2) is 9.67 Å². The first-order valence-electron chi connectivity index (χ1n) is 9.63. The number of hydrogen-bond acceptors (Lipinski definition) is 3. The standard InChI is InChI=1S/C24H22N4O/c29-24(22-12-13-23(25-18-22)28-16-7-15-26-28)27(19-21-10-5-2-6-11-21)17-14-20-8-3-1-4-9-20/h1-13,15-16,18H,14,17,19H2. The van der Waals surface area contributed by atoms with Gasteiger partial charge in [-0.2, -0.15) is 5.10 Å². The van der Waals surface area contributed by atoms with Gasteiger partial charge in [-0.1, -0.05) is 60.7 Å². The van der Waals surface area contributed by atoms with Gasteiger partial charge >= 0.3 is 0 Å². The van der Waals surface area contributed by atoms with E-state index in [-0.39, 0.29) is 5.91 Å². The highest BCUT2D eigenvalue weighted by Gasteiger charge is 2.17. The van der Waals surface area contributed by atoms with Gasteiger partial charge in [0, 0.05) is 31.7 Å². The van der Waals surface area contributed by atoms with E-state index < -0.39 is 0 Å². The molecule has 4 aromatic rings. The summed E-state index contributed by atoms with van der Waals surface area (Å²) in [6.07, 6.45) is 5.95. The molecule has 29 heavy (non-hydrogen) atoms. The molecule has 0 N–H and O–H groups in total. The molecule has 2 aromatic carbocycles. The van der Waals surface area contributed by atoms with Gasteiger partial charge in [-0.05, 0) is 35.7 Å². The van der Waals surface area contributed by atoms with Crippen molar-refractivity contribution in [1.82, 2.24) is 19.7 Å². The largest absolute Gasteiger partial charge is 0.334 e. The lowest BCUT2D eigenvalue weighted by atomic mass is 10.1. The predicted molar refractivity (Wildman–Crippen MR) is 113 cm³/mol. The fourth-order valence-corrected chi connectivity index (χ4v) is 3.20. The number of nitrogens with zero attached hydrogens (tertiary/aromatic N) is 4. The monoisotopic (exact) mass is 382 g/mol. The Balaban J connectivity index is 1.53. The lowest BCUT2D eigenvalue weighted by molar-refractivity contribution is 0.0744. The van der Waals surface area contributed by atoms with Crippen molar-refractivity contribution in [2.75, 3.05) is 6.54 Å². The molecule has 5 heteroatoms. The fraction of sp³-hybridized carbons (Fsp3) is 0.125. The smallest absolute Gasteiger partial charge is 0.255 e. The maximum Gasteiger partial charge on any atom is 0.255 e. The molecule has 0 spiro atoms. The lowest BCUT2D eigenvalue weighted by Gasteiger charge is -2.23. The molecule has 0 radical (unpaired) electrons. The SMILES string of the molecule is O=C(c1ccc(-n2cccn2)nc1)N(CCc1ccccc1)Cc1ccccc1. The third kappa shape index (κ3) is 4.76. The summed E-state index contributed by atoms with van der Waals surface area (Å²) < 4.78 is 1.67. The molecular formula is C24H22N4O. The van der Waals surface area contributed by atoms with Crippen molar-refractivity contribution in [2.24, 2.45) is 0 Å². The number of amides is 1. The molecular weight excluding hydrogens is 360 g/mol. The average molecular weight is 382 g/mol. The van der Waals surface area contributed by atoms with Gasteiger partial charge in [0.15, 0.2) is 5.82 Å². The van der Waals surface area contributed by atoms with Crippen molar-refractivity contribution in [2.45, 2.75) is 13.0 Å². The van der Waals surface area contributed by atoms with Gasteiger partial charge in [0.1, 0.15) is 0 Å². The summed E-state index contributed by atoms with van der Waals surface area (Å²) in [6.45, 7) is 1.20. The molecule has 0 saturated carbocycles. The molecule has 0 aliphatic carbocycles. The number of rotatable bonds is 7. The maximum atomic E-state index is 13.2. The summed E-state index contributed by atoms with van der Waals surface area (Å²) in [5.74, 6) is 0.662. The molecule has 2 aromatic heterocycles. The Bertz CT molecular complexity index is 1030. The van der Waals surface area contributed by atoms with Crippen LogP contribution in [0.5, 0.6) is 0 Å². The van der Waals surface area contributed by atoms with Crippen molar-refractivity contribution in [3.05, 3.63) is 114 Å². The highest BCUT2D eigenvalue weighted by Crippen LogP contribution is 2.13. The van der Waals surface area contributed by atoms with Crippen LogP contribution in [0.1, 0.15) is 21.5 Å². The van der Waals surface area contributed by atoms with Gasteiger partial charge < -0.3 is 4.90 Å². The van der Waals surface area contributed by atoms with Crippen molar-refractivity contribution in [3.8, 4) is 5.82 Å². The molecule has 0 atom stereocenters. The van der Waals surface area contributed by atoms with Crippen molar-refractivity contribution < 1.29 is 4.79 Å². The average Bonchev–Trinajstić information content (AvgIpc) is 3.33. The van der Waals surface area contributed by atoms with Gasteiger partial charge in [-0.15, -0.1) is 0 Å². The zero-order chi connectivity index (χ0) is 19.9. The van der Waals surface area contributed by atoms with E-state index in [4.69, 9.17) is 0 Å². The summed E-state index contributed by atoms with van der Waals surface area (Å²) in [5, 5.41) is 4.17. The molecule has 2 heterocycles. The summed E-state index contributed by atoms with van der Waals surface area (Å²) in [6, 6.07) is 25.8. The zero-order valence-corrected chi connectivity index (χ0v) is 16.1. The second-order valence-electron chi connectivity index (χ2n) is 6.80. The molecule has 1 amide bonds. The third-order valence-corrected chi connectivity index (χ3v) is 4.75. The van der Waals surface area contributed by atoms with Crippen LogP contribution >= 0.6 is 0 Å². The van der Waals surface area contributed by atoms with Crippen LogP contribution in [0, 0.1) is 0 Å². The normalized spacial score (nSPS) is 10.6. The van der Waals surface area contributed by atoms with Crippen LogP contribution in [0.2, 0.25) is 0 Å². The van der Waals surface area contributed by atoms with E-state index in [1.807, 2.05) is 77.8 Å². The zero-order valence-electron chi connectivity index (χ0n) is 16.1. The van der Waals surface area contributed by atoms with Crippen LogP contribution < -0.4 is 0 Å². The minimum absolute atomic E-state index is 0.0238. The third-order valence-electron chi connectivity index (χ3n) is 4.75. The fourth-order valence-electron chi connectivity index (χ4n) is 3.20. The van der Waals surface area contributed by atoms with E-state index in [0.29, 0.717) is 24.5 Å². The van der Waals surface area contributed by atoms with E-state index in [0.717, 1.165) is 12.0 Å². The molecule has 0 aliphatic rings. The van der Waals surface area contributed by atoms with E-state index >= 15 is 0 Å². The minimum Gasteiger partial charge on any atom is -0.334 e. The van der Waals surface area contributed by atoms with Crippen LogP contribution in [-0.2, 0) is 13.0 Å². The Labute approximate surface area is 170 Å². The second kappa shape index (κ2) is 8.97. The van der Waals surface area contributed by atoms with Crippen LogP contribution in [-0.4, -0.2) is 32.1 Å². The molecule has 0 bridgehead atoms. The quantitative estimate of drug-likeness (QED) is 0.482. The van der Waals surface area contributed by atoms with Gasteiger partial charge in [0.2, 0.25) is 0 Å². The summed E-state index contributed by atoms with van der Waals surface area (Å²) in [5.41, 5.74) is 2.89. The van der Waals surface area contributed by atoms with E-state index in [1.54, 1.807) is 17.1 Å². The highest BCUT2D eigenvalue weighted by molar-refractivity contribution is 5.94. The molecule has 4 rings (SSSR count). The van der Waals surface area contributed by atoms with Gasteiger partial charge in [0.05, 0.1) is 5.56 Å². The number of benzene rings is 2. The van der Waals surface area contributed by atoms with Crippen molar-refractivity contribution in [3.63, 3.8) is 0 Å². The van der Waals surface area contributed by atoms with Gasteiger partial charge in [-0.3, -0.25) is 4.79 Å². The summed E-state index contributed by atoms with van der Waals surface area (Å²) in [4.78, 5) is 19.5.